The molecule has 0 bridgehead atoms. The Morgan fingerprint density at radius 2 is 2.14 bits per heavy atom. The van der Waals surface area contributed by atoms with Gasteiger partial charge in [-0.3, -0.25) is 0 Å². The number of urea groups is 1. The van der Waals surface area contributed by atoms with Gasteiger partial charge >= 0.3 is 6.03 Å². The van der Waals surface area contributed by atoms with Gasteiger partial charge in [0.15, 0.2) is 11.5 Å². The van der Waals surface area contributed by atoms with Gasteiger partial charge in [-0.05, 0) is 30.7 Å². The Labute approximate surface area is 126 Å². The molecule has 0 spiro atoms. The lowest BCUT2D eigenvalue weighted by Gasteiger charge is -2.10. The van der Waals surface area contributed by atoms with Crippen LogP contribution in [0.4, 0.5) is 10.5 Å². The number of hydrogen-bond acceptors (Lipinski definition) is 5. The van der Waals surface area contributed by atoms with Gasteiger partial charge in [-0.1, -0.05) is 0 Å². The number of hydrogen-bond donors (Lipinski definition) is 3. The van der Waals surface area contributed by atoms with Gasteiger partial charge in [-0.15, -0.1) is 0 Å². The van der Waals surface area contributed by atoms with E-state index in [1.54, 1.807) is 30.3 Å². The number of fused-ring (bicyclic) bond motifs is 1. The highest BCUT2D eigenvalue weighted by atomic mass is 16.7. The van der Waals surface area contributed by atoms with Crippen LogP contribution < -0.4 is 20.1 Å². The zero-order valence-electron chi connectivity index (χ0n) is 11.7. The zero-order valence-corrected chi connectivity index (χ0v) is 11.7. The number of furan rings is 1. The third kappa shape index (κ3) is 3.32. The average molecular weight is 304 g/mol. The number of ether oxygens (including phenoxy) is 2. The minimum atomic E-state index is -0.735. The molecule has 1 aliphatic heterocycles. The van der Waals surface area contributed by atoms with E-state index in [4.69, 9.17) is 13.9 Å². The van der Waals surface area contributed by atoms with Crippen LogP contribution in [0, 0.1) is 0 Å². The molecule has 1 aliphatic rings. The summed E-state index contributed by atoms with van der Waals surface area (Å²) in [6, 6.07) is 8.20. The zero-order chi connectivity index (χ0) is 15.4. The van der Waals surface area contributed by atoms with Crippen molar-refractivity contribution in [3.63, 3.8) is 0 Å². The first kappa shape index (κ1) is 14.3. The van der Waals surface area contributed by atoms with E-state index in [0.717, 1.165) is 0 Å². The van der Waals surface area contributed by atoms with Crippen LogP contribution in [-0.4, -0.2) is 24.5 Å². The van der Waals surface area contributed by atoms with Crippen molar-refractivity contribution in [3.05, 3.63) is 42.4 Å². The molecule has 2 amide bonds. The molecule has 3 N–H and O–H groups in total. The number of carbonyl (C=O) groups is 1. The van der Waals surface area contributed by atoms with Crippen LogP contribution >= 0.6 is 0 Å². The molecule has 0 saturated carbocycles. The van der Waals surface area contributed by atoms with E-state index in [1.165, 1.54) is 6.26 Å². The molecular weight excluding hydrogens is 288 g/mol. The standard InChI is InChI=1S/C15H16N2O5/c18-11(12-2-1-7-20-12)5-6-16-15(19)17-10-3-4-13-14(8-10)22-9-21-13/h1-4,7-8,11,18H,5-6,9H2,(H2,16,17,19)/t11-/m1/s1. The molecule has 2 aromatic rings. The normalized spacial score (nSPS) is 13.7. The molecule has 0 saturated heterocycles. The molecule has 0 aliphatic carbocycles. The van der Waals surface area contributed by atoms with Crippen LogP contribution in [0.1, 0.15) is 18.3 Å². The van der Waals surface area contributed by atoms with Gasteiger partial charge in [0, 0.05) is 18.3 Å². The van der Waals surface area contributed by atoms with Crippen molar-refractivity contribution in [3.8, 4) is 11.5 Å². The van der Waals surface area contributed by atoms with Crippen molar-refractivity contribution >= 4 is 11.7 Å². The van der Waals surface area contributed by atoms with Gasteiger partial charge < -0.3 is 29.6 Å². The Kier molecular flexibility index (Phi) is 4.15. The van der Waals surface area contributed by atoms with E-state index >= 15 is 0 Å². The molecule has 0 fully saturated rings. The van der Waals surface area contributed by atoms with Crippen LogP contribution in [0.5, 0.6) is 11.5 Å². The van der Waals surface area contributed by atoms with Crippen molar-refractivity contribution in [1.82, 2.24) is 5.32 Å². The van der Waals surface area contributed by atoms with Gasteiger partial charge in [0.05, 0.1) is 6.26 Å². The van der Waals surface area contributed by atoms with E-state index in [1.807, 2.05) is 0 Å². The number of benzene rings is 1. The molecule has 1 aromatic heterocycles. The lowest BCUT2D eigenvalue weighted by Crippen LogP contribution is -2.30. The molecule has 22 heavy (non-hydrogen) atoms. The van der Waals surface area contributed by atoms with Crippen LogP contribution in [0.25, 0.3) is 0 Å². The minimum Gasteiger partial charge on any atom is -0.467 e. The van der Waals surface area contributed by atoms with E-state index in [9.17, 15) is 9.90 Å². The van der Waals surface area contributed by atoms with Crippen molar-refractivity contribution in [1.29, 1.82) is 0 Å². The fourth-order valence-corrected chi connectivity index (χ4v) is 2.10. The number of carbonyl (C=O) groups excluding carboxylic acids is 1. The molecule has 116 valence electrons. The van der Waals surface area contributed by atoms with Crippen LogP contribution in [0.2, 0.25) is 0 Å². The monoisotopic (exact) mass is 304 g/mol. The van der Waals surface area contributed by atoms with Crippen molar-refractivity contribution < 1.29 is 23.8 Å². The van der Waals surface area contributed by atoms with Crippen LogP contribution in [0.3, 0.4) is 0 Å². The average Bonchev–Trinajstić information content (AvgIpc) is 3.18. The van der Waals surface area contributed by atoms with Crippen molar-refractivity contribution in [2.45, 2.75) is 12.5 Å². The second-order valence-electron chi connectivity index (χ2n) is 4.77. The number of amides is 2. The van der Waals surface area contributed by atoms with E-state index in [0.29, 0.717) is 35.9 Å². The van der Waals surface area contributed by atoms with Gasteiger partial charge in [0.25, 0.3) is 0 Å². The topological polar surface area (TPSA) is 93.0 Å². The van der Waals surface area contributed by atoms with Gasteiger partial charge in [0.1, 0.15) is 11.9 Å². The predicted molar refractivity (Wildman–Crippen MR) is 77.9 cm³/mol. The first-order valence-electron chi connectivity index (χ1n) is 6.88. The SMILES string of the molecule is O=C(NCC[C@@H](O)c1ccco1)Nc1ccc2c(c1)OCO2. The largest absolute Gasteiger partial charge is 0.467 e. The first-order chi connectivity index (χ1) is 10.7. The van der Waals surface area contributed by atoms with E-state index < -0.39 is 6.10 Å². The predicted octanol–water partition coefficient (Wildman–Crippen LogP) is 2.25. The van der Waals surface area contributed by atoms with Crippen LogP contribution in [0.15, 0.2) is 41.0 Å². The maximum atomic E-state index is 11.8. The molecule has 7 heteroatoms. The summed E-state index contributed by atoms with van der Waals surface area (Å²) in [5, 5.41) is 15.2. The van der Waals surface area contributed by atoms with Gasteiger partial charge in [0.2, 0.25) is 6.79 Å². The summed E-state index contributed by atoms with van der Waals surface area (Å²) in [6.45, 7) is 0.508. The highest BCUT2D eigenvalue weighted by Crippen LogP contribution is 2.34. The Morgan fingerprint density at radius 3 is 2.95 bits per heavy atom. The highest BCUT2D eigenvalue weighted by Gasteiger charge is 2.14. The Balaban J connectivity index is 1.44. The summed E-state index contributed by atoms with van der Waals surface area (Å²) >= 11 is 0. The summed E-state index contributed by atoms with van der Waals surface area (Å²) < 4.78 is 15.5. The third-order valence-corrected chi connectivity index (χ3v) is 3.21. The number of aliphatic hydroxyl groups excluding tert-OH is 1. The lowest BCUT2D eigenvalue weighted by atomic mass is 10.2. The quantitative estimate of drug-likeness (QED) is 0.788. The van der Waals surface area contributed by atoms with Crippen LogP contribution in [-0.2, 0) is 0 Å². The highest BCUT2D eigenvalue weighted by molar-refractivity contribution is 5.89. The fourth-order valence-electron chi connectivity index (χ4n) is 2.10. The summed E-state index contributed by atoms with van der Waals surface area (Å²) in [7, 11) is 0. The Morgan fingerprint density at radius 1 is 1.27 bits per heavy atom. The maximum absolute atomic E-state index is 11.8. The number of anilines is 1. The van der Waals surface area contributed by atoms with Crippen molar-refractivity contribution in [2.24, 2.45) is 0 Å². The van der Waals surface area contributed by atoms with Gasteiger partial charge in [-0.2, -0.15) is 0 Å². The molecule has 1 aromatic carbocycles. The summed E-state index contributed by atoms with van der Waals surface area (Å²) in [4.78, 5) is 11.8. The minimum absolute atomic E-state index is 0.190. The number of rotatable bonds is 5. The lowest BCUT2D eigenvalue weighted by molar-refractivity contribution is 0.140. The second-order valence-corrected chi connectivity index (χ2v) is 4.77. The molecule has 1 atom stereocenters. The van der Waals surface area contributed by atoms with E-state index in [-0.39, 0.29) is 12.8 Å². The Hall–Kier alpha value is -2.67. The van der Waals surface area contributed by atoms with Crippen molar-refractivity contribution in [2.75, 3.05) is 18.7 Å². The Bertz CT molecular complexity index is 641. The summed E-state index contributed by atoms with van der Waals surface area (Å²) in [6.07, 6.45) is 1.13. The number of aliphatic hydroxyl groups is 1. The molecule has 0 unspecified atom stereocenters. The molecular formula is C15H16N2O5. The molecule has 7 nitrogen and oxygen atoms in total. The third-order valence-electron chi connectivity index (χ3n) is 3.21. The second kappa shape index (κ2) is 6.40. The smallest absolute Gasteiger partial charge is 0.319 e. The fraction of sp³-hybridized carbons (Fsp3) is 0.267. The number of nitrogens with one attached hydrogen (secondary N) is 2. The molecule has 3 rings (SSSR count). The van der Waals surface area contributed by atoms with Gasteiger partial charge in [-0.25, -0.2) is 4.79 Å². The maximum Gasteiger partial charge on any atom is 0.319 e. The first-order valence-corrected chi connectivity index (χ1v) is 6.88. The molecule has 2 heterocycles. The molecule has 0 radical (unpaired) electrons. The van der Waals surface area contributed by atoms with E-state index in [2.05, 4.69) is 10.6 Å². The summed E-state index contributed by atoms with van der Waals surface area (Å²) in [5.41, 5.74) is 0.605. The summed E-state index contributed by atoms with van der Waals surface area (Å²) in [5.74, 6) is 1.75.